The van der Waals surface area contributed by atoms with Crippen molar-refractivity contribution in [3.63, 3.8) is 0 Å². The number of rotatable bonds is 3. The van der Waals surface area contributed by atoms with Crippen LogP contribution in [0, 0.1) is 6.92 Å². The maximum absolute atomic E-state index is 12.4. The van der Waals surface area contributed by atoms with Crippen LogP contribution in [-0.4, -0.2) is 51.1 Å². The lowest BCUT2D eigenvalue weighted by Crippen LogP contribution is -2.48. The van der Waals surface area contributed by atoms with Gasteiger partial charge in [-0.3, -0.25) is 0 Å². The second kappa shape index (κ2) is 5.36. The minimum absolute atomic E-state index is 0.360. The predicted molar refractivity (Wildman–Crippen MR) is 68.5 cm³/mol. The third-order valence-electron chi connectivity index (χ3n) is 3.11. The Balaban J connectivity index is 2.15. The quantitative estimate of drug-likeness (QED) is 0.817. The summed E-state index contributed by atoms with van der Waals surface area (Å²) in [4.78, 5) is 5.45. The molecule has 0 N–H and O–H groups in total. The molecule has 0 aromatic heterocycles. The molecule has 0 aliphatic carbocycles. The molecule has 18 heavy (non-hydrogen) atoms. The first-order chi connectivity index (χ1) is 8.54. The van der Waals surface area contributed by atoms with Gasteiger partial charge >= 0.3 is 0 Å². The number of hydroxylamine groups is 2. The Hall–Kier alpha value is -0.950. The number of benzene rings is 1. The average Bonchev–Trinajstić information content (AvgIpc) is 2.39. The van der Waals surface area contributed by atoms with Crippen molar-refractivity contribution in [2.45, 2.75) is 11.8 Å². The summed E-state index contributed by atoms with van der Waals surface area (Å²) in [5.41, 5.74) is 1.05. The predicted octanol–water partition coefficient (Wildman–Crippen LogP) is 0.863. The van der Waals surface area contributed by atoms with Crippen molar-refractivity contribution in [2.75, 3.05) is 33.3 Å². The van der Waals surface area contributed by atoms with E-state index in [0.29, 0.717) is 31.1 Å². The zero-order chi connectivity index (χ0) is 13.2. The van der Waals surface area contributed by atoms with Gasteiger partial charge in [-0.1, -0.05) is 17.7 Å². The van der Waals surface area contributed by atoms with Crippen LogP contribution in [0.3, 0.4) is 0 Å². The molecule has 1 aliphatic rings. The van der Waals surface area contributed by atoms with Gasteiger partial charge in [-0.25, -0.2) is 8.42 Å². The molecule has 1 fully saturated rings. The second-order valence-electron chi connectivity index (χ2n) is 4.33. The molecule has 0 spiro atoms. The van der Waals surface area contributed by atoms with Crippen molar-refractivity contribution in [2.24, 2.45) is 0 Å². The molecule has 6 heteroatoms. The molecule has 1 aromatic carbocycles. The third-order valence-corrected chi connectivity index (χ3v) is 5.03. The van der Waals surface area contributed by atoms with Crippen LogP contribution in [0.25, 0.3) is 0 Å². The maximum Gasteiger partial charge on any atom is 0.243 e. The van der Waals surface area contributed by atoms with E-state index in [1.165, 1.54) is 4.31 Å². The van der Waals surface area contributed by atoms with Gasteiger partial charge in [-0.15, -0.1) is 0 Å². The highest BCUT2D eigenvalue weighted by Gasteiger charge is 2.28. The van der Waals surface area contributed by atoms with E-state index >= 15 is 0 Å². The molecule has 0 bridgehead atoms. The summed E-state index contributed by atoms with van der Waals surface area (Å²) in [7, 11) is -1.76. The van der Waals surface area contributed by atoms with E-state index in [-0.39, 0.29) is 0 Å². The molecule has 0 unspecified atom stereocenters. The monoisotopic (exact) mass is 270 g/mol. The first-order valence-corrected chi connectivity index (χ1v) is 7.34. The summed E-state index contributed by atoms with van der Waals surface area (Å²) in [5, 5.41) is 1.77. The van der Waals surface area contributed by atoms with Gasteiger partial charge in [0.2, 0.25) is 10.0 Å². The highest BCUT2D eigenvalue weighted by atomic mass is 32.2. The van der Waals surface area contributed by atoms with Gasteiger partial charge in [-0.2, -0.15) is 9.37 Å². The van der Waals surface area contributed by atoms with Crippen molar-refractivity contribution in [3.05, 3.63) is 29.8 Å². The van der Waals surface area contributed by atoms with E-state index < -0.39 is 10.0 Å². The average molecular weight is 270 g/mol. The molecule has 1 aromatic rings. The Morgan fingerprint density at radius 3 is 2.11 bits per heavy atom. The fourth-order valence-electron chi connectivity index (χ4n) is 1.95. The fraction of sp³-hybridized carbons (Fsp3) is 0.500. The summed E-state index contributed by atoms with van der Waals surface area (Å²) in [5.74, 6) is 0. The van der Waals surface area contributed by atoms with E-state index in [9.17, 15) is 8.42 Å². The van der Waals surface area contributed by atoms with E-state index in [2.05, 4.69) is 0 Å². The van der Waals surface area contributed by atoms with Crippen molar-refractivity contribution in [1.29, 1.82) is 0 Å². The van der Waals surface area contributed by atoms with Crippen LogP contribution >= 0.6 is 0 Å². The molecule has 1 heterocycles. The first-order valence-electron chi connectivity index (χ1n) is 5.90. The topological polar surface area (TPSA) is 49.9 Å². The van der Waals surface area contributed by atoms with Crippen LogP contribution in [0.15, 0.2) is 29.2 Å². The molecule has 0 radical (unpaired) electrons. The largest absolute Gasteiger partial charge is 0.302 e. The third kappa shape index (κ3) is 2.72. The fourth-order valence-corrected chi connectivity index (χ4v) is 3.37. The number of hydrogen-bond donors (Lipinski definition) is 0. The minimum atomic E-state index is -3.36. The molecule has 0 atom stereocenters. The van der Waals surface area contributed by atoms with Crippen molar-refractivity contribution in [3.8, 4) is 0 Å². The van der Waals surface area contributed by atoms with E-state index in [4.69, 9.17) is 4.84 Å². The molecule has 0 amide bonds. The van der Waals surface area contributed by atoms with Crippen LogP contribution in [0.4, 0.5) is 0 Å². The highest BCUT2D eigenvalue weighted by Crippen LogP contribution is 2.17. The van der Waals surface area contributed by atoms with E-state index in [1.807, 2.05) is 19.1 Å². The normalized spacial score (nSPS) is 19.0. The Morgan fingerprint density at radius 2 is 1.61 bits per heavy atom. The molecular weight excluding hydrogens is 252 g/mol. The summed E-state index contributed by atoms with van der Waals surface area (Å²) in [6.45, 7) is 4.06. The lowest BCUT2D eigenvalue weighted by atomic mass is 10.2. The Labute approximate surface area is 108 Å². The van der Waals surface area contributed by atoms with Crippen molar-refractivity contribution in [1.82, 2.24) is 9.37 Å². The number of hydrogen-bond acceptors (Lipinski definition) is 4. The van der Waals surface area contributed by atoms with Gasteiger partial charge in [-0.05, 0) is 19.1 Å². The van der Waals surface area contributed by atoms with Gasteiger partial charge in [0.1, 0.15) is 0 Å². The zero-order valence-corrected chi connectivity index (χ0v) is 11.5. The molecule has 2 rings (SSSR count). The zero-order valence-electron chi connectivity index (χ0n) is 10.7. The lowest BCUT2D eigenvalue weighted by molar-refractivity contribution is -0.144. The van der Waals surface area contributed by atoms with Crippen LogP contribution in [0.5, 0.6) is 0 Å². The number of sulfonamides is 1. The minimum Gasteiger partial charge on any atom is -0.302 e. The maximum atomic E-state index is 12.4. The second-order valence-corrected chi connectivity index (χ2v) is 6.27. The summed E-state index contributed by atoms with van der Waals surface area (Å²) < 4.78 is 26.2. The summed E-state index contributed by atoms with van der Waals surface area (Å²) in [6, 6.07) is 6.96. The highest BCUT2D eigenvalue weighted by molar-refractivity contribution is 7.89. The van der Waals surface area contributed by atoms with Gasteiger partial charge in [0, 0.05) is 26.2 Å². The smallest absolute Gasteiger partial charge is 0.243 e. The van der Waals surface area contributed by atoms with Crippen molar-refractivity contribution < 1.29 is 13.3 Å². The Bertz CT molecular complexity index is 491. The SMILES string of the molecule is CON1CCN(S(=O)(=O)c2ccc(C)cc2)CC1. The van der Waals surface area contributed by atoms with E-state index in [1.54, 1.807) is 24.3 Å². The van der Waals surface area contributed by atoms with Gasteiger partial charge in [0.05, 0.1) is 12.0 Å². The molecule has 1 saturated heterocycles. The molecule has 5 nitrogen and oxygen atoms in total. The molecule has 1 aliphatic heterocycles. The number of nitrogens with zero attached hydrogens (tertiary/aromatic N) is 2. The first kappa shape index (κ1) is 13.5. The van der Waals surface area contributed by atoms with E-state index in [0.717, 1.165) is 5.56 Å². The molecule has 100 valence electrons. The molecular formula is C12H18N2O3S. The van der Waals surface area contributed by atoms with Crippen LogP contribution in [-0.2, 0) is 14.9 Å². The standard InChI is InChI=1S/C12H18N2O3S/c1-11-3-5-12(6-4-11)18(15,16)14-9-7-13(17-2)8-10-14/h3-6H,7-10H2,1-2H3. The van der Waals surface area contributed by atoms with Crippen LogP contribution in [0.1, 0.15) is 5.56 Å². The van der Waals surface area contributed by atoms with Gasteiger partial charge in [0.25, 0.3) is 0 Å². The van der Waals surface area contributed by atoms with Gasteiger partial charge < -0.3 is 4.84 Å². The Morgan fingerprint density at radius 1 is 1.06 bits per heavy atom. The lowest BCUT2D eigenvalue weighted by Gasteiger charge is -2.32. The molecule has 0 saturated carbocycles. The Kier molecular flexibility index (Phi) is 4.01. The number of aryl methyl sites for hydroxylation is 1. The van der Waals surface area contributed by atoms with Crippen LogP contribution < -0.4 is 0 Å². The number of piperazine rings is 1. The summed E-state index contributed by atoms with van der Waals surface area (Å²) in [6.07, 6.45) is 0. The van der Waals surface area contributed by atoms with Crippen LogP contribution in [0.2, 0.25) is 0 Å². The van der Waals surface area contributed by atoms with Crippen molar-refractivity contribution >= 4 is 10.0 Å². The van der Waals surface area contributed by atoms with Gasteiger partial charge in [0.15, 0.2) is 0 Å². The summed E-state index contributed by atoms with van der Waals surface area (Å²) >= 11 is 0.